The first kappa shape index (κ1) is 17.3. The van der Waals surface area contributed by atoms with Gasteiger partial charge in [0.25, 0.3) is 0 Å². The van der Waals surface area contributed by atoms with Gasteiger partial charge in [-0.05, 0) is 37.6 Å². The van der Waals surface area contributed by atoms with Crippen LogP contribution in [0.25, 0.3) is 10.9 Å². The van der Waals surface area contributed by atoms with Gasteiger partial charge >= 0.3 is 6.03 Å². The van der Waals surface area contributed by atoms with Gasteiger partial charge in [-0.1, -0.05) is 35.9 Å². The fourth-order valence-electron chi connectivity index (χ4n) is 3.64. The average molecular weight is 360 g/mol. The molecular weight excluding hydrogens is 336 g/mol. The SMILES string of the molecule is Cc1ccc(NC(=O)N2CCN(c3cccc4cccnc34)CC2)c(C)c1. The Balaban J connectivity index is 1.43. The van der Waals surface area contributed by atoms with Crippen LogP contribution in [-0.2, 0) is 0 Å². The molecule has 1 saturated heterocycles. The second-order valence-corrected chi connectivity index (χ2v) is 7.07. The zero-order chi connectivity index (χ0) is 18.8. The van der Waals surface area contributed by atoms with Crippen LogP contribution in [0.4, 0.5) is 16.2 Å². The number of carbonyl (C=O) groups is 1. The van der Waals surface area contributed by atoms with Gasteiger partial charge in [-0.25, -0.2) is 4.79 Å². The Morgan fingerprint density at radius 3 is 2.56 bits per heavy atom. The first-order valence-corrected chi connectivity index (χ1v) is 9.34. The van der Waals surface area contributed by atoms with E-state index in [1.165, 1.54) is 5.56 Å². The molecule has 3 aromatic rings. The van der Waals surface area contributed by atoms with E-state index in [1.54, 1.807) is 0 Å². The molecule has 2 heterocycles. The van der Waals surface area contributed by atoms with Crippen molar-refractivity contribution in [1.82, 2.24) is 9.88 Å². The lowest BCUT2D eigenvalue weighted by Gasteiger charge is -2.36. The highest BCUT2D eigenvalue weighted by Crippen LogP contribution is 2.26. The predicted octanol–water partition coefficient (Wildman–Crippen LogP) is 4.21. The third-order valence-electron chi connectivity index (χ3n) is 5.14. The van der Waals surface area contributed by atoms with Crippen LogP contribution in [-0.4, -0.2) is 42.1 Å². The lowest BCUT2D eigenvalue weighted by molar-refractivity contribution is 0.208. The van der Waals surface area contributed by atoms with E-state index in [-0.39, 0.29) is 6.03 Å². The number of amides is 2. The Hall–Kier alpha value is -3.08. The number of fused-ring (bicyclic) bond motifs is 1. The summed E-state index contributed by atoms with van der Waals surface area (Å²) in [5.41, 5.74) is 5.33. The number of nitrogens with zero attached hydrogens (tertiary/aromatic N) is 3. The molecule has 1 fully saturated rings. The van der Waals surface area contributed by atoms with Crippen LogP contribution in [0.5, 0.6) is 0 Å². The minimum Gasteiger partial charge on any atom is -0.366 e. The first-order chi connectivity index (χ1) is 13.1. The number of carbonyl (C=O) groups excluding carboxylic acids is 1. The number of aryl methyl sites for hydroxylation is 2. The van der Waals surface area contributed by atoms with E-state index in [4.69, 9.17) is 0 Å². The smallest absolute Gasteiger partial charge is 0.321 e. The minimum atomic E-state index is -0.0300. The number of urea groups is 1. The molecule has 4 rings (SSSR count). The zero-order valence-electron chi connectivity index (χ0n) is 15.8. The van der Waals surface area contributed by atoms with Crippen LogP contribution >= 0.6 is 0 Å². The number of aromatic nitrogens is 1. The van der Waals surface area contributed by atoms with Crippen LogP contribution in [0.1, 0.15) is 11.1 Å². The second-order valence-electron chi connectivity index (χ2n) is 7.07. The summed E-state index contributed by atoms with van der Waals surface area (Å²) in [6.45, 7) is 7.07. The van der Waals surface area contributed by atoms with Crippen molar-refractivity contribution in [1.29, 1.82) is 0 Å². The monoisotopic (exact) mass is 360 g/mol. The predicted molar refractivity (Wildman–Crippen MR) is 110 cm³/mol. The lowest BCUT2D eigenvalue weighted by atomic mass is 10.1. The van der Waals surface area contributed by atoms with Gasteiger partial charge in [0.05, 0.1) is 11.2 Å². The molecule has 27 heavy (non-hydrogen) atoms. The topological polar surface area (TPSA) is 48.5 Å². The summed E-state index contributed by atoms with van der Waals surface area (Å²) in [6.07, 6.45) is 1.83. The van der Waals surface area contributed by atoms with Gasteiger partial charge in [-0.3, -0.25) is 4.98 Å². The number of piperazine rings is 1. The van der Waals surface area contributed by atoms with Crippen LogP contribution in [0.3, 0.4) is 0 Å². The second kappa shape index (κ2) is 7.27. The van der Waals surface area contributed by atoms with E-state index in [9.17, 15) is 4.79 Å². The number of para-hydroxylation sites is 1. The highest BCUT2D eigenvalue weighted by molar-refractivity contribution is 5.92. The zero-order valence-corrected chi connectivity index (χ0v) is 15.8. The van der Waals surface area contributed by atoms with E-state index < -0.39 is 0 Å². The van der Waals surface area contributed by atoms with Gasteiger partial charge in [0.15, 0.2) is 0 Å². The average Bonchev–Trinajstić information content (AvgIpc) is 2.70. The molecule has 0 aliphatic carbocycles. The summed E-state index contributed by atoms with van der Waals surface area (Å²) >= 11 is 0. The maximum Gasteiger partial charge on any atom is 0.321 e. The Bertz CT molecular complexity index is 972. The summed E-state index contributed by atoms with van der Waals surface area (Å²) in [5, 5.41) is 4.19. The normalized spacial score (nSPS) is 14.4. The molecule has 1 aliphatic rings. The standard InChI is InChI=1S/C22H24N4O/c1-16-8-9-19(17(2)15-16)24-22(27)26-13-11-25(12-14-26)20-7-3-5-18-6-4-10-23-21(18)20/h3-10,15H,11-14H2,1-2H3,(H,24,27). The summed E-state index contributed by atoms with van der Waals surface area (Å²) in [7, 11) is 0. The molecule has 0 atom stereocenters. The van der Waals surface area contributed by atoms with Gasteiger partial charge in [0, 0.05) is 43.4 Å². The molecule has 0 radical (unpaired) electrons. The molecule has 0 unspecified atom stereocenters. The molecule has 138 valence electrons. The molecule has 5 heteroatoms. The largest absolute Gasteiger partial charge is 0.366 e. The van der Waals surface area contributed by atoms with Crippen molar-refractivity contribution in [3.63, 3.8) is 0 Å². The van der Waals surface area contributed by atoms with Crippen LogP contribution < -0.4 is 10.2 Å². The summed E-state index contributed by atoms with van der Waals surface area (Å²) in [6, 6.07) is 16.4. The van der Waals surface area contributed by atoms with E-state index in [2.05, 4.69) is 52.5 Å². The number of hydrogen-bond acceptors (Lipinski definition) is 3. The maximum atomic E-state index is 12.6. The van der Waals surface area contributed by atoms with Crippen LogP contribution in [0.2, 0.25) is 0 Å². The molecule has 1 N–H and O–H groups in total. The van der Waals surface area contributed by atoms with Crippen molar-refractivity contribution in [3.8, 4) is 0 Å². The molecule has 0 bridgehead atoms. The van der Waals surface area contributed by atoms with Gasteiger partial charge in [-0.2, -0.15) is 0 Å². The first-order valence-electron chi connectivity index (χ1n) is 9.34. The summed E-state index contributed by atoms with van der Waals surface area (Å²) in [5.74, 6) is 0. The van der Waals surface area contributed by atoms with Gasteiger partial charge < -0.3 is 15.1 Å². The van der Waals surface area contributed by atoms with Crippen molar-refractivity contribution in [2.75, 3.05) is 36.4 Å². The van der Waals surface area contributed by atoms with Gasteiger partial charge in [0.2, 0.25) is 0 Å². The summed E-state index contributed by atoms with van der Waals surface area (Å²) in [4.78, 5) is 21.4. The molecular formula is C22H24N4O. The fraction of sp³-hybridized carbons (Fsp3) is 0.273. The number of anilines is 2. The third-order valence-corrected chi connectivity index (χ3v) is 5.14. The fourth-order valence-corrected chi connectivity index (χ4v) is 3.64. The number of nitrogens with one attached hydrogen (secondary N) is 1. The number of hydrogen-bond donors (Lipinski definition) is 1. The van der Waals surface area contributed by atoms with E-state index in [1.807, 2.05) is 36.2 Å². The van der Waals surface area contributed by atoms with E-state index in [0.29, 0.717) is 13.1 Å². The Kier molecular flexibility index (Phi) is 4.67. The van der Waals surface area contributed by atoms with E-state index in [0.717, 1.165) is 40.9 Å². The van der Waals surface area contributed by atoms with Crippen LogP contribution in [0.15, 0.2) is 54.7 Å². The molecule has 1 aliphatic heterocycles. The maximum absolute atomic E-state index is 12.6. The minimum absolute atomic E-state index is 0.0300. The Labute approximate surface area is 159 Å². The van der Waals surface area contributed by atoms with Gasteiger partial charge in [-0.15, -0.1) is 0 Å². The Morgan fingerprint density at radius 2 is 1.78 bits per heavy atom. The van der Waals surface area contributed by atoms with Gasteiger partial charge in [0.1, 0.15) is 0 Å². The molecule has 0 saturated carbocycles. The molecule has 5 nitrogen and oxygen atoms in total. The molecule has 2 amide bonds. The lowest BCUT2D eigenvalue weighted by Crippen LogP contribution is -2.50. The third kappa shape index (κ3) is 3.58. The molecule has 2 aromatic carbocycles. The van der Waals surface area contributed by atoms with Crippen molar-refractivity contribution < 1.29 is 4.79 Å². The van der Waals surface area contributed by atoms with Crippen molar-refractivity contribution in [3.05, 3.63) is 65.9 Å². The molecule has 1 aromatic heterocycles. The van der Waals surface area contributed by atoms with Crippen molar-refractivity contribution in [2.45, 2.75) is 13.8 Å². The number of pyridine rings is 1. The quantitative estimate of drug-likeness (QED) is 0.745. The highest BCUT2D eigenvalue weighted by atomic mass is 16.2. The van der Waals surface area contributed by atoms with Crippen LogP contribution in [0, 0.1) is 13.8 Å². The number of rotatable bonds is 2. The number of benzene rings is 2. The van der Waals surface area contributed by atoms with Crippen molar-refractivity contribution in [2.24, 2.45) is 0 Å². The molecule has 0 spiro atoms. The Morgan fingerprint density at radius 1 is 1.00 bits per heavy atom. The van der Waals surface area contributed by atoms with E-state index >= 15 is 0 Å². The van der Waals surface area contributed by atoms with Crippen molar-refractivity contribution >= 4 is 28.3 Å². The highest BCUT2D eigenvalue weighted by Gasteiger charge is 2.22. The summed E-state index contributed by atoms with van der Waals surface area (Å²) < 4.78 is 0.